The van der Waals surface area contributed by atoms with Crippen LogP contribution in [0.5, 0.6) is 0 Å². The average molecular weight is 352 g/mol. The van der Waals surface area contributed by atoms with Crippen LogP contribution in [0.3, 0.4) is 0 Å². The first-order chi connectivity index (χ1) is 9.66. The van der Waals surface area contributed by atoms with Crippen molar-refractivity contribution in [3.8, 4) is 0 Å². The standard InChI is InChI=1S/C17H16BrClO/c18-15-9-8-12(10-16(15)19)17(20)14-7-2-1-6-13(14)11-4-3-5-11/h1-2,6-11,17,20H,3-5H2. The zero-order valence-electron chi connectivity index (χ0n) is 11.0. The lowest BCUT2D eigenvalue weighted by Gasteiger charge is -2.29. The van der Waals surface area contributed by atoms with Gasteiger partial charge in [0.15, 0.2) is 0 Å². The first kappa shape index (κ1) is 14.1. The smallest absolute Gasteiger partial charge is 0.104 e. The van der Waals surface area contributed by atoms with Gasteiger partial charge in [-0.05, 0) is 63.5 Å². The Morgan fingerprint density at radius 1 is 1.15 bits per heavy atom. The van der Waals surface area contributed by atoms with E-state index < -0.39 is 6.10 Å². The molecule has 1 fully saturated rings. The molecule has 1 nitrogen and oxygen atoms in total. The van der Waals surface area contributed by atoms with E-state index in [0.29, 0.717) is 10.9 Å². The molecule has 3 heteroatoms. The molecule has 0 bridgehead atoms. The monoisotopic (exact) mass is 350 g/mol. The minimum Gasteiger partial charge on any atom is -0.384 e. The predicted molar refractivity (Wildman–Crippen MR) is 86.2 cm³/mol. The Hall–Kier alpha value is -0.830. The van der Waals surface area contributed by atoms with Crippen LogP contribution in [-0.2, 0) is 0 Å². The van der Waals surface area contributed by atoms with Crippen molar-refractivity contribution in [3.63, 3.8) is 0 Å². The number of rotatable bonds is 3. The van der Waals surface area contributed by atoms with Gasteiger partial charge in [-0.3, -0.25) is 0 Å². The highest BCUT2D eigenvalue weighted by molar-refractivity contribution is 9.10. The predicted octanol–water partition coefficient (Wildman–Crippen LogP) is 5.45. The van der Waals surface area contributed by atoms with Gasteiger partial charge in [0.1, 0.15) is 6.10 Å². The second-order valence-electron chi connectivity index (χ2n) is 5.33. The molecule has 1 atom stereocenters. The first-order valence-corrected chi connectivity index (χ1v) is 8.06. The van der Waals surface area contributed by atoms with Crippen molar-refractivity contribution in [1.29, 1.82) is 0 Å². The van der Waals surface area contributed by atoms with Crippen LogP contribution in [0.1, 0.15) is 48.0 Å². The van der Waals surface area contributed by atoms with Crippen LogP contribution >= 0.6 is 27.5 Å². The van der Waals surface area contributed by atoms with Gasteiger partial charge in [-0.25, -0.2) is 0 Å². The Labute approximate surface area is 132 Å². The van der Waals surface area contributed by atoms with Gasteiger partial charge in [0, 0.05) is 4.47 Å². The fourth-order valence-electron chi connectivity index (χ4n) is 2.71. The Kier molecular flexibility index (Phi) is 4.16. The van der Waals surface area contributed by atoms with Crippen molar-refractivity contribution < 1.29 is 5.11 Å². The normalized spacial score (nSPS) is 16.8. The van der Waals surface area contributed by atoms with Crippen molar-refractivity contribution in [2.24, 2.45) is 0 Å². The highest BCUT2D eigenvalue weighted by atomic mass is 79.9. The number of halogens is 2. The minimum atomic E-state index is -0.614. The molecule has 104 valence electrons. The molecule has 1 aliphatic rings. The third-order valence-electron chi connectivity index (χ3n) is 4.09. The van der Waals surface area contributed by atoms with E-state index in [9.17, 15) is 5.11 Å². The lowest BCUT2D eigenvalue weighted by molar-refractivity contribution is 0.217. The minimum absolute atomic E-state index is 0.603. The number of aliphatic hydroxyl groups is 1. The van der Waals surface area contributed by atoms with Crippen molar-refractivity contribution >= 4 is 27.5 Å². The molecule has 1 aliphatic carbocycles. The molecule has 20 heavy (non-hydrogen) atoms. The second kappa shape index (κ2) is 5.88. The third kappa shape index (κ3) is 2.65. The average Bonchev–Trinajstić information content (AvgIpc) is 2.40. The summed E-state index contributed by atoms with van der Waals surface area (Å²) in [5.74, 6) is 0.603. The van der Waals surface area contributed by atoms with E-state index in [1.807, 2.05) is 30.3 Å². The summed E-state index contributed by atoms with van der Waals surface area (Å²) in [6.45, 7) is 0. The van der Waals surface area contributed by atoms with E-state index in [-0.39, 0.29) is 0 Å². The summed E-state index contributed by atoms with van der Waals surface area (Å²) in [5.41, 5.74) is 3.13. The summed E-state index contributed by atoms with van der Waals surface area (Å²) in [4.78, 5) is 0. The molecule has 0 amide bonds. The molecule has 2 aromatic carbocycles. The SMILES string of the molecule is OC(c1ccc(Br)c(Cl)c1)c1ccccc1C1CCC1. The molecular formula is C17H16BrClO. The maximum atomic E-state index is 10.7. The van der Waals surface area contributed by atoms with E-state index in [1.54, 1.807) is 0 Å². The van der Waals surface area contributed by atoms with Gasteiger partial charge < -0.3 is 5.11 Å². The number of aliphatic hydroxyl groups excluding tert-OH is 1. The van der Waals surface area contributed by atoms with Crippen molar-refractivity contribution in [3.05, 3.63) is 68.7 Å². The molecule has 1 saturated carbocycles. The Morgan fingerprint density at radius 3 is 2.55 bits per heavy atom. The van der Waals surface area contributed by atoms with Gasteiger partial charge in [-0.2, -0.15) is 0 Å². The molecule has 0 heterocycles. The van der Waals surface area contributed by atoms with E-state index in [1.165, 1.54) is 24.8 Å². The lowest BCUT2D eigenvalue weighted by Crippen LogP contribution is -2.13. The molecule has 0 spiro atoms. The zero-order chi connectivity index (χ0) is 14.1. The number of hydrogen-bond acceptors (Lipinski definition) is 1. The summed E-state index contributed by atoms with van der Waals surface area (Å²) in [5, 5.41) is 11.3. The van der Waals surface area contributed by atoms with Crippen molar-refractivity contribution in [1.82, 2.24) is 0 Å². The van der Waals surface area contributed by atoms with Gasteiger partial charge in [0.05, 0.1) is 5.02 Å². The fraction of sp³-hybridized carbons (Fsp3) is 0.294. The summed E-state index contributed by atoms with van der Waals surface area (Å²) >= 11 is 9.51. The molecule has 1 N–H and O–H groups in total. The van der Waals surface area contributed by atoms with E-state index in [2.05, 4.69) is 28.1 Å². The van der Waals surface area contributed by atoms with Crippen molar-refractivity contribution in [2.45, 2.75) is 31.3 Å². The maximum absolute atomic E-state index is 10.7. The zero-order valence-corrected chi connectivity index (χ0v) is 13.4. The van der Waals surface area contributed by atoms with Crippen molar-refractivity contribution in [2.75, 3.05) is 0 Å². The highest BCUT2D eigenvalue weighted by Gasteiger charge is 2.24. The summed E-state index contributed by atoms with van der Waals surface area (Å²) in [6, 6.07) is 13.8. The second-order valence-corrected chi connectivity index (χ2v) is 6.59. The molecule has 0 aliphatic heterocycles. The van der Waals surface area contributed by atoms with Gasteiger partial charge in [-0.15, -0.1) is 0 Å². The van der Waals surface area contributed by atoms with Gasteiger partial charge >= 0.3 is 0 Å². The highest BCUT2D eigenvalue weighted by Crippen LogP contribution is 2.41. The first-order valence-electron chi connectivity index (χ1n) is 6.88. The van der Waals surface area contributed by atoms with Crippen LogP contribution < -0.4 is 0 Å². The number of benzene rings is 2. The molecule has 2 aromatic rings. The summed E-state index contributed by atoms with van der Waals surface area (Å²) < 4.78 is 0.849. The van der Waals surface area contributed by atoms with Gasteiger partial charge in [-0.1, -0.05) is 48.4 Å². The van der Waals surface area contributed by atoms with Crippen LogP contribution in [-0.4, -0.2) is 5.11 Å². The quantitative estimate of drug-likeness (QED) is 0.779. The van der Waals surface area contributed by atoms with Crippen LogP contribution in [0.25, 0.3) is 0 Å². The van der Waals surface area contributed by atoms with Crippen LogP contribution in [0.15, 0.2) is 46.9 Å². The summed E-state index contributed by atoms with van der Waals surface area (Å²) in [6.07, 6.45) is 3.13. The third-order valence-corrected chi connectivity index (χ3v) is 5.33. The fourth-order valence-corrected chi connectivity index (χ4v) is 3.15. The molecule has 0 aromatic heterocycles. The largest absolute Gasteiger partial charge is 0.384 e. The van der Waals surface area contributed by atoms with E-state index in [0.717, 1.165) is 15.6 Å². The number of hydrogen-bond donors (Lipinski definition) is 1. The lowest BCUT2D eigenvalue weighted by atomic mass is 9.77. The van der Waals surface area contributed by atoms with Gasteiger partial charge in [0.25, 0.3) is 0 Å². The molecule has 0 saturated heterocycles. The molecule has 3 rings (SSSR count). The Balaban J connectivity index is 1.97. The summed E-state index contributed by atoms with van der Waals surface area (Å²) in [7, 11) is 0. The van der Waals surface area contributed by atoms with Crippen LogP contribution in [0, 0.1) is 0 Å². The molecule has 0 radical (unpaired) electrons. The maximum Gasteiger partial charge on any atom is 0.104 e. The van der Waals surface area contributed by atoms with E-state index in [4.69, 9.17) is 11.6 Å². The topological polar surface area (TPSA) is 20.2 Å². The molecule has 1 unspecified atom stereocenters. The molecular weight excluding hydrogens is 336 g/mol. The Bertz CT molecular complexity index is 622. The van der Waals surface area contributed by atoms with Crippen LogP contribution in [0.4, 0.5) is 0 Å². The van der Waals surface area contributed by atoms with Gasteiger partial charge in [0.2, 0.25) is 0 Å². The van der Waals surface area contributed by atoms with E-state index >= 15 is 0 Å². The Morgan fingerprint density at radius 2 is 1.90 bits per heavy atom. The van der Waals surface area contributed by atoms with Crippen LogP contribution in [0.2, 0.25) is 5.02 Å².